The zero-order chi connectivity index (χ0) is 22.8. The van der Waals surface area contributed by atoms with Crippen LogP contribution >= 0.6 is 15.9 Å². The molecule has 1 saturated carbocycles. The summed E-state index contributed by atoms with van der Waals surface area (Å²) in [4.78, 5) is 17.5. The zero-order valence-electron chi connectivity index (χ0n) is 18.0. The average Bonchev–Trinajstić information content (AvgIpc) is 3.13. The van der Waals surface area contributed by atoms with E-state index in [0.717, 1.165) is 19.3 Å². The number of carbonyl (C=O) groups excluding carboxylic acids is 1. The second-order valence-corrected chi connectivity index (χ2v) is 8.92. The van der Waals surface area contributed by atoms with Crippen LogP contribution in [0.5, 0.6) is 5.75 Å². The average molecular weight is 507 g/mol. The molecule has 1 aliphatic carbocycles. The fourth-order valence-electron chi connectivity index (χ4n) is 4.55. The smallest absolute Gasteiger partial charge is 0.309 e. The van der Waals surface area contributed by atoms with Gasteiger partial charge in [0.1, 0.15) is 23.2 Å². The van der Waals surface area contributed by atoms with E-state index in [9.17, 15) is 13.6 Å². The Morgan fingerprint density at radius 1 is 1.19 bits per heavy atom. The number of rotatable bonds is 6. The van der Waals surface area contributed by atoms with Gasteiger partial charge in [0.15, 0.2) is 0 Å². The van der Waals surface area contributed by atoms with Gasteiger partial charge in [-0.1, -0.05) is 28.8 Å². The molecule has 0 unspecified atom stereocenters. The molecule has 2 aromatic carbocycles. The number of methoxy groups -OCH3 is 1. The molecule has 0 N–H and O–H groups in total. The van der Waals surface area contributed by atoms with Gasteiger partial charge in [-0.15, -0.1) is 0 Å². The Morgan fingerprint density at radius 3 is 2.59 bits per heavy atom. The molecule has 1 heterocycles. The summed E-state index contributed by atoms with van der Waals surface area (Å²) in [5.41, 5.74) is 1.33. The summed E-state index contributed by atoms with van der Waals surface area (Å²) < 4.78 is 42.3. The molecule has 3 aromatic rings. The first kappa shape index (κ1) is 22.7. The molecule has 0 aliphatic heterocycles. The van der Waals surface area contributed by atoms with Crippen molar-refractivity contribution in [1.29, 1.82) is 0 Å². The highest BCUT2D eigenvalue weighted by molar-refractivity contribution is 9.10. The Labute approximate surface area is 193 Å². The molecule has 1 fully saturated rings. The van der Waals surface area contributed by atoms with Crippen molar-refractivity contribution in [1.82, 2.24) is 9.55 Å². The number of carbonyl (C=O) groups is 1. The summed E-state index contributed by atoms with van der Waals surface area (Å²) in [6.45, 7) is 2.05. The summed E-state index contributed by atoms with van der Waals surface area (Å²) in [5.74, 6) is -0.783. The second-order valence-electron chi connectivity index (χ2n) is 8.01. The molecule has 1 aliphatic rings. The van der Waals surface area contributed by atoms with E-state index in [2.05, 4.69) is 15.9 Å². The third kappa shape index (κ3) is 4.37. The van der Waals surface area contributed by atoms with Crippen LogP contribution in [0, 0.1) is 17.6 Å². The molecular weight excluding hydrogens is 482 g/mol. The Bertz CT molecular complexity index is 1120. The number of fused-ring (bicyclic) bond motifs is 1. The van der Waals surface area contributed by atoms with Crippen LogP contribution in [-0.4, -0.2) is 29.2 Å². The van der Waals surface area contributed by atoms with E-state index in [-0.39, 0.29) is 29.9 Å². The first-order valence-electron chi connectivity index (χ1n) is 10.8. The van der Waals surface area contributed by atoms with E-state index in [0.29, 0.717) is 40.1 Å². The van der Waals surface area contributed by atoms with Crippen LogP contribution in [0.2, 0.25) is 0 Å². The minimum atomic E-state index is -0.641. The van der Waals surface area contributed by atoms with Crippen LogP contribution in [0.15, 0.2) is 34.8 Å². The molecule has 170 valence electrons. The lowest BCUT2D eigenvalue weighted by atomic mass is 9.78. The highest BCUT2D eigenvalue weighted by atomic mass is 79.9. The van der Waals surface area contributed by atoms with Gasteiger partial charge < -0.3 is 14.0 Å². The van der Waals surface area contributed by atoms with Crippen molar-refractivity contribution in [2.75, 3.05) is 13.7 Å². The number of imidazole rings is 1. The molecule has 0 saturated heterocycles. The molecule has 1 aromatic heterocycles. The van der Waals surface area contributed by atoms with E-state index in [1.807, 2.05) is 16.7 Å². The normalized spacial score (nSPS) is 18.7. The van der Waals surface area contributed by atoms with Gasteiger partial charge in [-0.2, -0.15) is 0 Å². The fourth-order valence-corrected chi connectivity index (χ4v) is 4.95. The van der Waals surface area contributed by atoms with Crippen molar-refractivity contribution in [3.63, 3.8) is 0 Å². The predicted octanol–water partition coefficient (Wildman–Crippen LogP) is 5.97. The van der Waals surface area contributed by atoms with Gasteiger partial charge in [-0.3, -0.25) is 4.79 Å². The van der Waals surface area contributed by atoms with E-state index >= 15 is 0 Å². The molecule has 0 radical (unpaired) electrons. The minimum Gasteiger partial charge on any atom is -0.497 e. The van der Waals surface area contributed by atoms with Gasteiger partial charge in [0, 0.05) is 22.0 Å². The maximum absolute atomic E-state index is 14.7. The molecule has 2 atom stereocenters. The van der Waals surface area contributed by atoms with Gasteiger partial charge in [-0.25, -0.2) is 13.8 Å². The van der Waals surface area contributed by atoms with Gasteiger partial charge in [0.05, 0.1) is 37.2 Å². The summed E-state index contributed by atoms with van der Waals surface area (Å²) >= 11 is 3.13. The van der Waals surface area contributed by atoms with Crippen LogP contribution < -0.4 is 4.74 Å². The maximum atomic E-state index is 14.7. The van der Waals surface area contributed by atoms with Gasteiger partial charge in [0.2, 0.25) is 0 Å². The quantitative estimate of drug-likeness (QED) is 0.386. The van der Waals surface area contributed by atoms with Crippen molar-refractivity contribution in [3.8, 4) is 5.75 Å². The monoisotopic (exact) mass is 506 g/mol. The van der Waals surface area contributed by atoms with Crippen molar-refractivity contribution >= 4 is 32.9 Å². The largest absolute Gasteiger partial charge is 0.497 e. The van der Waals surface area contributed by atoms with Crippen LogP contribution in [0.25, 0.3) is 11.0 Å². The molecular formula is C24H25BrF2N2O3. The second kappa shape index (κ2) is 9.57. The first-order chi connectivity index (χ1) is 15.4. The lowest BCUT2D eigenvalue weighted by Crippen LogP contribution is -2.29. The maximum Gasteiger partial charge on any atom is 0.309 e. The standard InChI is InChI=1S/C24H25BrF2N2O3/c1-3-32-24(30)17-7-5-4-6-16(17)23-28-21-9-8-15(31-2)12-22(21)29(23)13-18-19(26)10-14(25)11-20(18)27/h8-12,16-17H,3-7,13H2,1-2H3/t16-,17+/m0/s1. The molecule has 4 rings (SSSR count). The number of esters is 1. The number of halogens is 3. The summed E-state index contributed by atoms with van der Waals surface area (Å²) in [6.07, 6.45) is 3.35. The Kier molecular flexibility index (Phi) is 6.79. The molecule has 0 bridgehead atoms. The van der Waals surface area contributed by atoms with Crippen molar-refractivity contribution in [3.05, 3.63) is 57.8 Å². The van der Waals surface area contributed by atoms with Crippen LogP contribution in [0.1, 0.15) is 49.9 Å². The van der Waals surface area contributed by atoms with E-state index in [4.69, 9.17) is 14.5 Å². The lowest BCUT2D eigenvalue weighted by molar-refractivity contribution is -0.150. The highest BCUT2D eigenvalue weighted by Gasteiger charge is 2.36. The van der Waals surface area contributed by atoms with Crippen LogP contribution in [-0.2, 0) is 16.1 Å². The molecule has 8 heteroatoms. The first-order valence-corrected chi connectivity index (χ1v) is 11.6. The molecule has 0 spiro atoms. The van der Waals surface area contributed by atoms with E-state index in [1.54, 1.807) is 20.1 Å². The highest BCUT2D eigenvalue weighted by Crippen LogP contribution is 2.40. The number of hydrogen-bond donors (Lipinski definition) is 0. The van der Waals surface area contributed by atoms with Crippen molar-refractivity contribution in [2.45, 2.75) is 45.1 Å². The lowest BCUT2D eigenvalue weighted by Gasteiger charge is -2.30. The van der Waals surface area contributed by atoms with Gasteiger partial charge >= 0.3 is 5.97 Å². The topological polar surface area (TPSA) is 53.4 Å². The third-order valence-corrected chi connectivity index (χ3v) is 6.55. The fraction of sp³-hybridized carbons (Fsp3) is 0.417. The molecule has 5 nitrogen and oxygen atoms in total. The summed E-state index contributed by atoms with van der Waals surface area (Å²) in [6, 6.07) is 7.93. The Balaban J connectivity index is 1.86. The van der Waals surface area contributed by atoms with E-state index in [1.165, 1.54) is 12.1 Å². The minimum absolute atomic E-state index is 0.0456. The van der Waals surface area contributed by atoms with E-state index < -0.39 is 11.6 Å². The van der Waals surface area contributed by atoms with Crippen LogP contribution in [0.3, 0.4) is 0 Å². The number of ether oxygens (including phenoxy) is 2. The predicted molar refractivity (Wildman–Crippen MR) is 121 cm³/mol. The number of benzene rings is 2. The van der Waals surface area contributed by atoms with Gasteiger partial charge in [-0.05, 0) is 44.0 Å². The summed E-state index contributed by atoms with van der Waals surface area (Å²) in [5, 5.41) is 0. The van der Waals surface area contributed by atoms with Crippen molar-refractivity contribution < 1.29 is 23.0 Å². The Hall–Kier alpha value is -2.48. The van der Waals surface area contributed by atoms with Crippen molar-refractivity contribution in [2.24, 2.45) is 5.92 Å². The number of aromatic nitrogens is 2. The summed E-state index contributed by atoms with van der Waals surface area (Å²) in [7, 11) is 1.56. The SMILES string of the molecule is CCOC(=O)[C@@H]1CCCC[C@@H]1c1nc2ccc(OC)cc2n1Cc1c(F)cc(Br)cc1F. The Morgan fingerprint density at radius 2 is 1.91 bits per heavy atom. The molecule has 32 heavy (non-hydrogen) atoms. The third-order valence-electron chi connectivity index (χ3n) is 6.09. The molecule has 0 amide bonds. The van der Waals surface area contributed by atoms with Crippen LogP contribution in [0.4, 0.5) is 8.78 Å². The number of hydrogen-bond acceptors (Lipinski definition) is 4. The number of nitrogens with zero attached hydrogens (tertiary/aromatic N) is 2. The van der Waals surface area contributed by atoms with Gasteiger partial charge in [0.25, 0.3) is 0 Å². The zero-order valence-corrected chi connectivity index (χ0v) is 19.6.